The third-order valence-electron chi connectivity index (χ3n) is 4.51. The maximum absolute atomic E-state index is 12.9. The number of carbonyl (C=O) groups is 1. The molecule has 7 nitrogen and oxygen atoms in total. The smallest absolute Gasteiger partial charge is 0.278 e. The molecule has 7 heteroatoms. The number of hydrogen-bond donors (Lipinski definition) is 0. The molecule has 0 bridgehead atoms. The van der Waals surface area contributed by atoms with Crippen LogP contribution in [0.2, 0.25) is 0 Å². The number of nitrogens with zero attached hydrogens (tertiary/aromatic N) is 3. The molecule has 142 valence electrons. The molecule has 1 aliphatic heterocycles. The van der Waals surface area contributed by atoms with Crippen LogP contribution in [0, 0.1) is 6.92 Å². The Morgan fingerprint density at radius 1 is 1.11 bits per heavy atom. The predicted molar refractivity (Wildman–Crippen MR) is 103 cm³/mol. The normalized spacial score (nSPS) is 12.1. The van der Waals surface area contributed by atoms with E-state index in [-0.39, 0.29) is 12.5 Å². The maximum Gasteiger partial charge on any atom is 0.278 e. The zero-order valence-electron chi connectivity index (χ0n) is 15.6. The molecule has 2 aromatic carbocycles. The summed E-state index contributed by atoms with van der Waals surface area (Å²) in [6.45, 7) is 2.29. The van der Waals surface area contributed by atoms with E-state index in [2.05, 4.69) is 5.10 Å². The van der Waals surface area contributed by atoms with Crippen LogP contribution in [-0.2, 0) is 6.54 Å². The number of para-hydroxylation sites is 1. The summed E-state index contributed by atoms with van der Waals surface area (Å²) >= 11 is 0. The summed E-state index contributed by atoms with van der Waals surface area (Å²) in [5, 5.41) is 4.33. The molecular weight excluding hydrogens is 358 g/mol. The third-order valence-corrected chi connectivity index (χ3v) is 4.51. The molecule has 0 unspecified atom stereocenters. The van der Waals surface area contributed by atoms with Crippen molar-refractivity contribution < 1.29 is 14.3 Å². The van der Waals surface area contributed by atoms with Gasteiger partial charge in [0.05, 0.1) is 5.69 Å². The summed E-state index contributed by atoms with van der Waals surface area (Å²) in [5.41, 5.74) is 1.80. The van der Waals surface area contributed by atoms with Crippen molar-refractivity contribution in [3.8, 4) is 17.2 Å². The molecule has 28 heavy (non-hydrogen) atoms. The minimum Gasteiger partial charge on any atom is -0.454 e. The van der Waals surface area contributed by atoms with Gasteiger partial charge in [-0.05, 0) is 36.8 Å². The molecule has 0 saturated carbocycles. The summed E-state index contributed by atoms with van der Waals surface area (Å²) in [7, 11) is 1.64. The average molecular weight is 377 g/mol. The first kappa shape index (κ1) is 17.8. The molecule has 0 radical (unpaired) electrons. The number of amides is 1. The predicted octanol–water partition coefficient (Wildman–Crippen LogP) is 2.54. The summed E-state index contributed by atoms with van der Waals surface area (Å²) in [6, 6.07) is 16.3. The lowest BCUT2D eigenvalue weighted by molar-refractivity contribution is 0.0775. The van der Waals surface area contributed by atoms with Gasteiger partial charge in [0.25, 0.3) is 5.91 Å². The summed E-state index contributed by atoms with van der Waals surface area (Å²) in [4.78, 5) is 26.8. The summed E-state index contributed by atoms with van der Waals surface area (Å²) < 4.78 is 12.3. The summed E-state index contributed by atoms with van der Waals surface area (Å²) in [5.74, 6) is 0.897. The number of benzene rings is 2. The fourth-order valence-electron chi connectivity index (χ4n) is 3.09. The Labute approximate surface area is 161 Å². The number of rotatable bonds is 4. The highest BCUT2D eigenvalue weighted by molar-refractivity contribution is 5.91. The SMILES string of the molecule is Cc1cc(=O)c(C(=O)N(C)Cc2ccc3c(c2)OCO3)nn1-c1ccccc1. The molecule has 0 saturated heterocycles. The van der Waals surface area contributed by atoms with E-state index in [0.717, 1.165) is 11.3 Å². The van der Waals surface area contributed by atoms with Crippen molar-refractivity contribution in [2.45, 2.75) is 13.5 Å². The third kappa shape index (κ3) is 3.34. The number of hydrogen-bond acceptors (Lipinski definition) is 5. The second-order valence-electron chi connectivity index (χ2n) is 6.59. The van der Waals surface area contributed by atoms with Crippen molar-refractivity contribution in [1.82, 2.24) is 14.7 Å². The Hall–Kier alpha value is -3.61. The molecule has 0 fully saturated rings. The Balaban J connectivity index is 1.61. The molecule has 1 aliphatic rings. The van der Waals surface area contributed by atoms with Gasteiger partial charge >= 0.3 is 0 Å². The van der Waals surface area contributed by atoms with Crippen LogP contribution in [0.25, 0.3) is 5.69 Å². The Bertz CT molecular complexity index is 1090. The average Bonchev–Trinajstić information content (AvgIpc) is 3.16. The van der Waals surface area contributed by atoms with Crippen molar-refractivity contribution in [2.24, 2.45) is 0 Å². The van der Waals surface area contributed by atoms with E-state index in [1.807, 2.05) is 48.5 Å². The molecule has 2 heterocycles. The van der Waals surface area contributed by atoms with E-state index in [1.165, 1.54) is 11.0 Å². The molecule has 4 rings (SSSR count). The monoisotopic (exact) mass is 377 g/mol. The number of aromatic nitrogens is 2. The van der Waals surface area contributed by atoms with Gasteiger partial charge in [-0.3, -0.25) is 9.59 Å². The highest BCUT2D eigenvalue weighted by Gasteiger charge is 2.20. The Morgan fingerprint density at radius 2 is 1.86 bits per heavy atom. The summed E-state index contributed by atoms with van der Waals surface area (Å²) in [6.07, 6.45) is 0. The molecule has 3 aromatic rings. The fraction of sp³-hybridized carbons (Fsp3) is 0.190. The van der Waals surface area contributed by atoms with Gasteiger partial charge in [0, 0.05) is 25.4 Å². The van der Waals surface area contributed by atoms with Crippen molar-refractivity contribution in [2.75, 3.05) is 13.8 Å². The quantitative estimate of drug-likeness (QED) is 0.699. The zero-order chi connectivity index (χ0) is 19.7. The van der Waals surface area contributed by atoms with E-state index >= 15 is 0 Å². The number of ether oxygens (including phenoxy) is 2. The van der Waals surface area contributed by atoms with E-state index < -0.39 is 11.3 Å². The van der Waals surface area contributed by atoms with Crippen LogP contribution in [0.5, 0.6) is 11.5 Å². The van der Waals surface area contributed by atoms with Crippen LogP contribution >= 0.6 is 0 Å². The topological polar surface area (TPSA) is 73.7 Å². The highest BCUT2D eigenvalue weighted by atomic mass is 16.7. The standard InChI is InChI=1S/C21H19N3O4/c1-14-10-17(25)20(22-24(14)16-6-4-3-5-7-16)21(26)23(2)12-15-8-9-18-19(11-15)28-13-27-18/h3-11H,12-13H2,1-2H3. The lowest BCUT2D eigenvalue weighted by Gasteiger charge is -2.18. The molecule has 0 atom stereocenters. The van der Waals surface area contributed by atoms with Crippen molar-refractivity contribution in [3.05, 3.63) is 81.8 Å². The van der Waals surface area contributed by atoms with Gasteiger partial charge in [-0.1, -0.05) is 24.3 Å². The minimum atomic E-state index is -0.438. The van der Waals surface area contributed by atoms with Gasteiger partial charge in [0.15, 0.2) is 17.2 Å². The second kappa shape index (κ2) is 7.19. The second-order valence-corrected chi connectivity index (χ2v) is 6.59. The zero-order valence-corrected chi connectivity index (χ0v) is 15.6. The van der Waals surface area contributed by atoms with E-state index in [1.54, 1.807) is 18.7 Å². The van der Waals surface area contributed by atoms with E-state index in [9.17, 15) is 9.59 Å². The minimum absolute atomic E-state index is 0.113. The molecule has 0 aliphatic carbocycles. The molecule has 1 aromatic heterocycles. The van der Waals surface area contributed by atoms with Gasteiger partial charge in [-0.25, -0.2) is 4.68 Å². The Kier molecular flexibility index (Phi) is 4.57. The Morgan fingerprint density at radius 3 is 2.64 bits per heavy atom. The highest BCUT2D eigenvalue weighted by Crippen LogP contribution is 2.32. The lowest BCUT2D eigenvalue weighted by atomic mass is 10.2. The first-order chi connectivity index (χ1) is 13.5. The molecular formula is C21H19N3O4. The number of carbonyl (C=O) groups excluding carboxylic acids is 1. The van der Waals surface area contributed by atoms with Gasteiger partial charge in [-0.2, -0.15) is 5.10 Å². The van der Waals surface area contributed by atoms with Crippen molar-refractivity contribution >= 4 is 5.91 Å². The van der Waals surface area contributed by atoms with Crippen LogP contribution < -0.4 is 14.9 Å². The van der Waals surface area contributed by atoms with Crippen molar-refractivity contribution in [3.63, 3.8) is 0 Å². The molecule has 0 N–H and O–H groups in total. The van der Waals surface area contributed by atoms with Crippen LogP contribution in [0.4, 0.5) is 0 Å². The molecule has 0 spiro atoms. The first-order valence-corrected chi connectivity index (χ1v) is 8.83. The van der Waals surface area contributed by atoms with Crippen LogP contribution in [0.15, 0.2) is 59.4 Å². The van der Waals surface area contributed by atoms with Crippen molar-refractivity contribution in [1.29, 1.82) is 0 Å². The lowest BCUT2D eigenvalue weighted by Crippen LogP contribution is -2.33. The van der Waals surface area contributed by atoms with E-state index in [4.69, 9.17) is 9.47 Å². The number of fused-ring (bicyclic) bond motifs is 1. The van der Waals surface area contributed by atoms with E-state index in [0.29, 0.717) is 23.7 Å². The van der Waals surface area contributed by atoms with Crippen LogP contribution in [0.3, 0.4) is 0 Å². The fourth-order valence-corrected chi connectivity index (χ4v) is 3.09. The van der Waals surface area contributed by atoms with Gasteiger partial charge in [0.1, 0.15) is 0 Å². The number of aryl methyl sites for hydroxylation is 1. The van der Waals surface area contributed by atoms with Crippen LogP contribution in [0.1, 0.15) is 21.7 Å². The van der Waals surface area contributed by atoms with Gasteiger partial charge in [0.2, 0.25) is 12.2 Å². The van der Waals surface area contributed by atoms with Gasteiger partial charge in [-0.15, -0.1) is 0 Å². The largest absolute Gasteiger partial charge is 0.454 e. The first-order valence-electron chi connectivity index (χ1n) is 8.83. The molecule has 1 amide bonds. The maximum atomic E-state index is 12.9. The van der Waals surface area contributed by atoms with Crippen LogP contribution in [-0.4, -0.2) is 34.4 Å². The van der Waals surface area contributed by atoms with Gasteiger partial charge < -0.3 is 14.4 Å².